The van der Waals surface area contributed by atoms with Crippen LogP contribution in [0.1, 0.15) is 12.5 Å². The molecule has 0 atom stereocenters. The van der Waals surface area contributed by atoms with Gasteiger partial charge in [-0.25, -0.2) is 9.78 Å². The predicted octanol–water partition coefficient (Wildman–Crippen LogP) is 2.53. The van der Waals surface area contributed by atoms with Gasteiger partial charge in [-0.05, 0) is 31.2 Å². The first kappa shape index (κ1) is 14.9. The summed E-state index contributed by atoms with van der Waals surface area (Å²) in [5, 5.41) is 10.0. The fourth-order valence-corrected chi connectivity index (χ4v) is 2.89. The maximum absolute atomic E-state index is 12.5. The Morgan fingerprint density at radius 2 is 2.08 bits per heavy atom. The van der Waals surface area contributed by atoms with Gasteiger partial charge in [0.2, 0.25) is 0 Å². The number of rotatable bonds is 3. The molecule has 0 aliphatic carbocycles. The molecular formula is C18H13N5O2. The Morgan fingerprint density at radius 1 is 1.24 bits per heavy atom. The van der Waals surface area contributed by atoms with E-state index in [0.29, 0.717) is 45.7 Å². The molecule has 25 heavy (non-hydrogen) atoms. The second-order valence-corrected chi connectivity index (χ2v) is 5.38. The second kappa shape index (κ2) is 5.76. The van der Waals surface area contributed by atoms with Crippen LogP contribution in [0.3, 0.4) is 0 Å². The number of nitrogens with zero attached hydrogens (tertiary/aromatic N) is 4. The van der Waals surface area contributed by atoms with Gasteiger partial charge in [0.15, 0.2) is 5.65 Å². The van der Waals surface area contributed by atoms with Crippen LogP contribution in [0.5, 0.6) is 5.75 Å². The number of imidazole rings is 1. The Labute approximate surface area is 142 Å². The Bertz CT molecular complexity index is 1200. The molecule has 0 aliphatic rings. The number of hydrogen-bond acceptors (Lipinski definition) is 5. The lowest BCUT2D eigenvalue weighted by Gasteiger charge is -2.09. The van der Waals surface area contributed by atoms with Gasteiger partial charge in [0, 0.05) is 23.8 Å². The SMILES string of the molecule is CCOc1ccnc2[nH]c(=O)n(-c3ccc4nccc(C#N)c4c3)c12. The van der Waals surface area contributed by atoms with Crippen molar-refractivity contribution in [3.63, 3.8) is 0 Å². The minimum Gasteiger partial charge on any atom is -0.491 e. The molecule has 4 rings (SSSR count). The fraction of sp³-hybridized carbons (Fsp3) is 0.111. The van der Waals surface area contributed by atoms with Crippen molar-refractivity contribution in [3.8, 4) is 17.5 Å². The second-order valence-electron chi connectivity index (χ2n) is 5.38. The van der Waals surface area contributed by atoms with Gasteiger partial charge < -0.3 is 4.74 Å². The topological polar surface area (TPSA) is 96.6 Å². The monoisotopic (exact) mass is 331 g/mol. The van der Waals surface area contributed by atoms with Gasteiger partial charge in [0.05, 0.1) is 29.4 Å². The average Bonchev–Trinajstić information content (AvgIpc) is 2.98. The number of benzene rings is 1. The van der Waals surface area contributed by atoms with Crippen molar-refractivity contribution in [2.75, 3.05) is 6.61 Å². The first-order valence-electron chi connectivity index (χ1n) is 7.74. The molecule has 0 aliphatic heterocycles. The molecule has 0 saturated carbocycles. The highest BCUT2D eigenvalue weighted by molar-refractivity contribution is 5.87. The van der Waals surface area contributed by atoms with Crippen LogP contribution >= 0.6 is 0 Å². The van der Waals surface area contributed by atoms with E-state index in [1.807, 2.05) is 6.92 Å². The van der Waals surface area contributed by atoms with Crippen LogP contribution in [0.25, 0.3) is 27.8 Å². The van der Waals surface area contributed by atoms with Crippen molar-refractivity contribution < 1.29 is 4.74 Å². The highest BCUT2D eigenvalue weighted by atomic mass is 16.5. The zero-order valence-corrected chi connectivity index (χ0v) is 13.4. The van der Waals surface area contributed by atoms with E-state index < -0.39 is 0 Å². The Kier molecular flexibility index (Phi) is 3.43. The molecule has 4 aromatic rings. The van der Waals surface area contributed by atoms with Crippen LogP contribution in [0, 0.1) is 11.3 Å². The molecule has 0 fully saturated rings. The van der Waals surface area contributed by atoms with Crippen molar-refractivity contribution in [2.24, 2.45) is 0 Å². The van der Waals surface area contributed by atoms with E-state index >= 15 is 0 Å². The Morgan fingerprint density at radius 3 is 2.88 bits per heavy atom. The van der Waals surface area contributed by atoms with E-state index in [0.717, 1.165) is 0 Å². The van der Waals surface area contributed by atoms with Gasteiger partial charge in [0.1, 0.15) is 11.3 Å². The first-order chi connectivity index (χ1) is 12.2. The van der Waals surface area contributed by atoms with Crippen molar-refractivity contribution in [1.82, 2.24) is 19.5 Å². The number of aromatic amines is 1. The summed E-state index contributed by atoms with van der Waals surface area (Å²) in [5.41, 5.74) is 2.50. The molecule has 1 N–H and O–H groups in total. The molecule has 3 aromatic heterocycles. The molecule has 7 nitrogen and oxygen atoms in total. The zero-order valence-electron chi connectivity index (χ0n) is 13.4. The highest BCUT2D eigenvalue weighted by Crippen LogP contribution is 2.26. The standard InChI is InChI=1S/C18H13N5O2/c1-2-25-15-6-8-21-17-16(15)23(18(24)22-17)12-3-4-14-13(9-12)11(10-19)5-7-20-14/h3-9H,2H2,1H3,(H,21,22,24). The molecule has 3 heterocycles. The normalized spacial score (nSPS) is 10.9. The largest absolute Gasteiger partial charge is 0.491 e. The Balaban J connectivity index is 2.05. The smallest absolute Gasteiger partial charge is 0.332 e. The van der Waals surface area contributed by atoms with Crippen molar-refractivity contribution >= 4 is 22.1 Å². The van der Waals surface area contributed by atoms with Gasteiger partial charge in [-0.2, -0.15) is 5.26 Å². The van der Waals surface area contributed by atoms with E-state index in [9.17, 15) is 10.1 Å². The summed E-state index contributed by atoms with van der Waals surface area (Å²) in [6, 6.07) is 10.9. The third kappa shape index (κ3) is 2.32. The van der Waals surface area contributed by atoms with Crippen molar-refractivity contribution in [2.45, 2.75) is 6.92 Å². The van der Waals surface area contributed by atoms with E-state index in [2.05, 4.69) is 21.0 Å². The van der Waals surface area contributed by atoms with Crippen LogP contribution in [0.15, 0.2) is 47.5 Å². The minimum atomic E-state index is -0.323. The van der Waals surface area contributed by atoms with Crippen LogP contribution in [-0.4, -0.2) is 26.1 Å². The van der Waals surface area contributed by atoms with E-state index in [-0.39, 0.29) is 5.69 Å². The van der Waals surface area contributed by atoms with Crippen LogP contribution in [-0.2, 0) is 0 Å². The number of ether oxygens (including phenoxy) is 1. The lowest BCUT2D eigenvalue weighted by atomic mass is 10.1. The summed E-state index contributed by atoms with van der Waals surface area (Å²) in [7, 11) is 0. The maximum atomic E-state index is 12.5. The van der Waals surface area contributed by atoms with Gasteiger partial charge in [0.25, 0.3) is 0 Å². The number of pyridine rings is 2. The summed E-state index contributed by atoms with van der Waals surface area (Å²) < 4.78 is 7.14. The van der Waals surface area contributed by atoms with Crippen LogP contribution in [0.4, 0.5) is 0 Å². The van der Waals surface area contributed by atoms with Gasteiger partial charge in [-0.1, -0.05) is 0 Å². The summed E-state index contributed by atoms with van der Waals surface area (Å²) in [6.07, 6.45) is 3.18. The van der Waals surface area contributed by atoms with Gasteiger partial charge >= 0.3 is 5.69 Å². The number of nitriles is 1. The van der Waals surface area contributed by atoms with Crippen LogP contribution in [0.2, 0.25) is 0 Å². The summed E-state index contributed by atoms with van der Waals surface area (Å²) in [5.74, 6) is 0.567. The van der Waals surface area contributed by atoms with Gasteiger partial charge in [-0.3, -0.25) is 14.5 Å². The predicted molar refractivity (Wildman–Crippen MR) is 92.9 cm³/mol. The van der Waals surface area contributed by atoms with E-state index in [4.69, 9.17) is 4.74 Å². The molecule has 0 spiro atoms. The first-order valence-corrected chi connectivity index (χ1v) is 7.74. The van der Waals surface area contributed by atoms with Crippen molar-refractivity contribution in [3.05, 3.63) is 58.8 Å². The molecule has 0 unspecified atom stereocenters. The summed E-state index contributed by atoms with van der Waals surface area (Å²) >= 11 is 0. The molecule has 0 radical (unpaired) electrons. The molecule has 1 aromatic carbocycles. The molecule has 0 amide bonds. The number of H-pyrrole nitrogens is 1. The number of fused-ring (bicyclic) bond motifs is 2. The molecular weight excluding hydrogens is 318 g/mol. The van der Waals surface area contributed by atoms with E-state index in [1.54, 1.807) is 42.7 Å². The molecule has 122 valence electrons. The molecule has 7 heteroatoms. The molecule has 0 saturated heterocycles. The highest BCUT2D eigenvalue weighted by Gasteiger charge is 2.15. The third-order valence-electron chi connectivity index (χ3n) is 3.94. The zero-order chi connectivity index (χ0) is 17.4. The van der Waals surface area contributed by atoms with Crippen molar-refractivity contribution in [1.29, 1.82) is 5.26 Å². The lowest BCUT2D eigenvalue weighted by Crippen LogP contribution is -2.15. The van der Waals surface area contributed by atoms with Gasteiger partial charge in [-0.15, -0.1) is 0 Å². The molecule has 0 bridgehead atoms. The number of nitrogens with one attached hydrogen (secondary N) is 1. The lowest BCUT2D eigenvalue weighted by molar-refractivity contribution is 0.343. The number of aromatic nitrogens is 4. The fourth-order valence-electron chi connectivity index (χ4n) is 2.89. The average molecular weight is 331 g/mol. The summed E-state index contributed by atoms with van der Waals surface area (Å²) in [6.45, 7) is 2.35. The number of hydrogen-bond donors (Lipinski definition) is 1. The Hall–Kier alpha value is -3.66. The van der Waals surface area contributed by atoms with Crippen LogP contribution < -0.4 is 10.4 Å². The third-order valence-corrected chi connectivity index (χ3v) is 3.94. The quantitative estimate of drug-likeness (QED) is 0.622. The maximum Gasteiger partial charge on any atom is 0.332 e. The minimum absolute atomic E-state index is 0.323. The van der Waals surface area contributed by atoms with E-state index in [1.165, 1.54) is 4.57 Å². The summed E-state index contributed by atoms with van der Waals surface area (Å²) in [4.78, 5) is 23.7.